The first-order chi connectivity index (χ1) is 14.1. The third-order valence-electron chi connectivity index (χ3n) is 4.40. The second kappa shape index (κ2) is 8.01. The van der Waals surface area contributed by atoms with E-state index in [9.17, 15) is 14.5 Å². The zero-order valence-electron chi connectivity index (χ0n) is 15.2. The van der Waals surface area contributed by atoms with Crippen LogP contribution in [0.25, 0.3) is 22.3 Å². The molecule has 0 fully saturated rings. The van der Waals surface area contributed by atoms with Gasteiger partial charge in [-0.05, 0) is 48.9 Å². The fourth-order valence-corrected chi connectivity index (χ4v) is 2.99. The molecule has 146 valence electrons. The summed E-state index contributed by atoms with van der Waals surface area (Å²) in [6, 6.07) is 12.4. The van der Waals surface area contributed by atoms with Crippen molar-refractivity contribution < 1.29 is 13.8 Å². The number of nitro benzene ring substituents is 1. The van der Waals surface area contributed by atoms with Crippen molar-refractivity contribution in [3.8, 4) is 11.4 Å². The van der Waals surface area contributed by atoms with Gasteiger partial charge in [-0.15, -0.1) is 0 Å². The van der Waals surface area contributed by atoms with Crippen LogP contribution >= 0.6 is 0 Å². The van der Waals surface area contributed by atoms with Crippen molar-refractivity contribution in [1.82, 2.24) is 15.1 Å². The topological polar surface area (TPSA) is 107 Å². The van der Waals surface area contributed by atoms with E-state index < -0.39 is 4.92 Å². The third-order valence-corrected chi connectivity index (χ3v) is 4.40. The molecule has 0 radical (unpaired) electrons. The minimum Gasteiger partial charge on any atom is -0.383 e. The van der Waals surface area contributed by atoms with Gasteiger partial charge in [0.1, 0.15) is 11.3 Å². The van der Waals surface area contributed by atoms with E-state index in [0.717, 1.165) is 5.69 Å². The van der Waals surface area contributed by atoms with Gasteiger partial charge in [-0.2, -0.15) is 4.98 Å². The van der Waals surface area contributed by atoms with Crippen molar-refractivity contribution in [2.75, 3.05) is 11.9 Å². The number of nitro groups is 1. The molecular weight excluding hydrogens is 377 g/mol. The average Bonchev–Trinajstić information content (AvgIpc) is 3.20. The summed E-state index contributed by atoms with van der Waals surface area (Å²) in [6.45, 7) is 0.595. The number of halogens is 1. The summed E-state index contributed by atoms with van der Waals surface area (Å²) in [5, 5.41) is 18.8. The molecule has 9 heteroatoms. The molecule has 4 rings (SSSR count). The molecule has 0 bridgehead atoms. The van der Waals surface area contributed by atoms with Crippen LogP contribution in [0.3, 0.4) is 0 Å². The predicted octanol–water partition coefficient (Wildman–Crippen LogP) is 4.38. The molecule has 0 saturated heterocycles. The van der Waals surface area contributed by atoms with Crippen molar-refractivity contribution >= 4 is 22.3 Å². The lowest BCUT2D eigenvalue weighted by molar-refractivity contribution is -0.383. The first-order valence-corrected chi connectivity index (χ1v) is 8.96. The average molecular weight is 393 g/mol. The lowest BCUT2D eigenvalue weighted by atomic mass is 10.1. The Balaban J connectivity index is 1.38. The minimum atomic E-state index is -0.415. The van der Waals surface area contributed by atoms with Gasteiger partial charge in [0.15, 0.2) is 0 Å². The number of rotatable bonds is 7. The first-order valence-electron chi connectivity index (χ1n) is 8.96. The van der Waals surface area contributed by atoms with Gasteiger partial charge < -0.3 is 9.84 Å². The summed E-state index contributed by atoms with van der Waals surface area (Å²) in [5.74, 6) is 0.577. The molecule has 0 atom stereocenters. The van der Waals surface area contributed by atoms with Gasteiger partial charge in [0.05, 0.1) is 16.0 Å². The molecule has 2 aromatic carbocycles. The van der Waals surface area contributed by atoms with E-state index in [-0.39, 0.29) is 11.5 Å². The number of hydrogen-bond donors (Lipinski definition) is 1. The van der Waals surface area contributed by atoms with Gasteiger partial charge in [-0.3, -0.25) is 15.1 Å². The number of anilines is 1. The molecule has 2 heterocycles. The van der Waals surface area contributed by atoms with Crippen molar-refractivity contribution in [2.45, 2.75) is 12.8 Å². The van der Waals surface area contributed by atoms with Crippen LogP contribution in [-0.2, 0) is 6.42 Å². The Morgan fingerprint density at radius 2 is 1.97 bits per heavy atom. The van der Waals surface area contributed by atoms with Crippen LogP contribution in [0.5, 0.6) is 0 Å². The van der Waals surface area contributed by atoms with Gasteiger partial charge in [0, 0.05) is 30.8 Å². The second-order valence-electron chi connectivity index (χ2n) is 6.34. The maximum absolute atomic E-state index is 13.0. The van der Waals surface area contributed by atoms with Crippen LogP contribution in [0, 0.1) is 15.9 Å². The molecule has 8 nitrogen and oxygen atoms in total. The van der Waals surface area contributed by atoms with Gasteiger partial charge in [0.25, 0.3) is 5.69 Å². The van der Waals surface area contributed by atoms with E-state index >= 15 is 0 Å². The van der Waals surface area contributed by atoms with Gasteiger partial charge in [-0.1, -0.05) is 5.16 Å². The Morgan fingerprint density at radius 1 is 1.14 bits per heavy atom. The SMILES string of the molecule is O=[N+]([O-])c1ccc(NCCCc2nc(-c3ccc(F)cc3)no2)c2ncccc12. The Bertz CT molecular complexity index is 1160. The molecule has 2 aromatic heterocycles. The number of pyridine rings is 1. The molecule has 0 aliphatic heterocycles. The highest BCUT2D eigenvalue weighted by Crippen LogP contribution is 2.29. The largest absolute Gasteiger partial charge is 0.383 e. The standard InChI is InChI=1S/C20H16FN5O3/c21-14-7-5-13(6-8-14)20-24-18(29-25-20)4-2-11-22-16-9-10-17(26(27)28)15-3-1-12-23-19(15)16/h1,3,5-10,12,22H,2,4,11H2. The Morgan fingerprint density at radius 3 is 2.76 bits per heavy atom. The molecule has 0 aliphatic carbocycles. The predicted molar refractivity (Wildman–Crippen MR) is 105 cm³/mol. The maximum atomic E-state index is 13.0. The molecule has 4 aromatic rings. The van der Waals surface area contributed by atoms with Crippen LogP contribution in [0.15, 0.2) is 59.3 Å². The molecule has 29 heavy (non-hydrogen) atoms. The number of non-ortho nitro benzene ring substituents is 1. The number of nitrogens with zero attached hydrogens (tertiary/aromatic N) is 4. The zero-order chi connectivity index (χ0) is 20.2. The van der Waals surface area contributed by atoms with E-state index in [2.05, 4.69) is 20.4 Å². The van der Waals surface area contributed by atoms with Crippen molar-refractivity contribution in [3.63, 3.8) is 0 Å². The Labute approximate surface area is 164 Å². The van der Waals surface area contributed by atoms with Crippen LogP contribution in [0.1, 0.15) is 12.3 Å². The molecule has 0 saturated carbocycles. The molecular formula is C20H16FN5O3. The second-order valence-corrected chi connectivity index (χ2v) is 6.34. The number of benzene rings is 2. The van der Waals surface area contributed by atoms with Crippen LogP contribution in [0.2, 0.25) is 0 Å². The van der Waals surface area contributed by atoms with E-state index in [4.69, 9.17) is 4.52 Å². The summed E-state index contributed by atoms with van der Waals surface area (Å²) >= 11 is 0. The normalized spacial score (nSPS) is 10.9. The smallest absolute Gasteiger partial charge is 0.278 e. The Hall–Kier alpha value is -3.88. The first kappa shape index (κ1) is 18.5. The summed E-state index contributed by atoms with van der Waals surface area (Å²) in [5.41, 5.74) is 1.99. The summed E-state index contributed by atoms with van der Waals surface area (Å²) in [4.78, 5) is 19.4. The van der Waals surface area contributed by atoms with Crippen LogP contribution in [-0.4, -0.2) is 26.6 Å². The summed E-state index contributed by atoms with van der Waals surface area (Å²) < 4.78 is 18.2. The van der Waals surface area contributed by atoms with Crippen molar-refractivity contribution in [3.05, 3.63) is 76.6 Å². The fourth-order valence-electron chi connectivity index (χ4n) is 2.99. The number of aromatic nitrogens is 3. The monoisotopic (exact) mass is 393 g/mol. The van der Waals surface area contributed by atoms with Crippen LogP contribution in [0.4, 0.5) is 15.8 Å². The van der Waals surface area contributed by atoms with E-state index in [1.54, 1.807) is 36.5 Å². The van der Waals surface area contributed by atoms with E-state index in [0.29, 0.717) is 47.6 Å². The number of nitrogens with one attached hydrogen (secondary N) is 1. The van der Waals surface area contributed by atoms with E-state index in [1.165, 1.54) is 18.2 Å². The molecule has 0 amide bonds. The highest BCUT2D eigenvalue weighted by molar-refractivity contribution is 5.96. The lowest BCUT2D eigenvalue weighted by Crippen LogP contribution is -2.04. The third kappa shape index (κ3) is 4.03. The number of fused-ring (bicyclic) bond motifs is 1. The van der Waals surface area contributed by atoms with Crippen molar-refractivity contribution in [2.24, 2.45) is 0 Å². The van der Waals surface area contributed by atoms with Gasteiger partial charge in [-0.25, -0.2) is 4.39 Å². The number of aryl methyl sites for hydroxylation is 1. The summed E-state index contributed by atoms with van der Waals surface area (Å²) in [6.07, 6.45) is 2.86. The molecule has 0 aliphatic rings. The van der Waals surface area contributed by atoms with Crippen molar-refractivity contribution in [1.29, 1.82) is 0 Å². The Kier molecular flexibility index (Phi) is 5.10. The lowest BCUT2D eigenvalue weighted by Gasteiger charge is -2.08. The van der Waals surface area contributed by atoms with E-state index in [1.807, 2.05) is 0 Å². The maximum Gasteiger partial charge on any atom is 0.278 e. The highest BCUT2D eigenvalue weighted by Gasteiger charge is 2.15. The fraction of sp³-hybridized carbons (Fsp3) is 0.150. The number of hydrogen-bond acceptors (Lipinski definition) is 7. The minimum absolute atomic E-state index is 0.0258. The summed E-state index contributed by atoms with van der Waals surface area (Å²) in [7, 11) is 0. The molecule has 0 unspecified atom stereocenters. The molecule has 1 N–H and O–H groups in total. The van der Waals surface area contributed by atoms with Crippen LogP contribution < -0.4 is 5.32 Å². The highest BCUT2D eigenvalue weighted by atomic mass is 19.1. The van der Waals surface area contributed by atoms with Gasteiger partial charge in [0.2, 0.25) is 11.7 Å². The quantitative estimate of drug-likeness (QED) is 0.282. The zero-order valence-corrected chi connectivity index (χ0v) is 15.2. The molecule has 0 spiro atoms. The van der Waals surface area contributed by atoms with Gasteiger partial charge >= 0.3 is 0 Å².